The highest BCUT2D eigenvalue weighted by molar-refractivity contribution is 6.76. The van der Waals surface area contributed by atoms with Gasteiger partial charge in [-0.25, -0.2) is 9.59 Å². The Balaban J connectivity index is 3.60. The average molecular weight is 343 g/mol. The van der Waals surface area contributed by atoms with Gasteiger partial charge in [-0.1, -0.05) is 64.7 Å². The zero-order valence-corrected chi connectivity index (χ0v) is 16.4. The number of rotatable bonds is 13. The Kier molecular flexibility index (Phi) is 12.7. The van der Waals surface area contributed by atoms with E-state index in [4.69, 9.17) is 9.47 Å². The van der Waals surface area contributed by atoms with Gasteiger partial charge in [-0.3, -0.25) is 0 Å². The van der Waals surface area contributed by atoms with Gasteiger partial charge in [0.2, 0.25) is 0 Å². The molecule has 0 aromatic carbocycles. The molecule has 0 N–H and O–H groups in total. The number of unbranched alkanes of at least 4 members (excludes halogenated alkanes) is 5. The molecule has 0 saturated heterocycles. The van der Waals surface area contributed by atoms with Crippen LogP contribution in [0.5, 0.6) is 0 Å². The van der Waals surface area contributed by atoms with Crippen molar-refractivity contribution in [2.75, 3.05) is 13.2 Å². The van der Waals surface area contributed by atoms with Crippen LogP contribution in [0.4, 0.5) is 0 Å². The SMILES string of the molecule is CCCCCCCCOC(=O)/C=C/C(=O)OCCC[Si](C)(C)C. The minimum atomic E-state index is -1.08. The van der Waals surface area contributed by atoms with Crippen LogP contribution >= 0.6 is 0 Å². The number of carbonyl (C=O) groups excluding carboxylic acids is 2. The summed E-state index contributed by atoms with van der Waals surface area (Å²) in [7, 11) is -1.08. The molecule has 0 aliphatic rings. The van der Waals surface area contributed by atoms with E-state index < -0.39 is 20.0 Å². The topological polar surface area (TPSA) is 52.6 Å². The van der Waals surface area contributed by atoms with Gasteiger partial charge in [-0.05, 0) is 12.8 Å². The first kappa shape index (κ1) is 21.9. The van der Waals surface area contributed by atoms with Crippen LogP contribution in [-0.4, -0.2) is 33.2 Å². The van der Waals surface area contributed by atoms with E-state index in [0.717, 1.165) is 37.5 Å². The van der Waals surface area contributed by atoms with Crippen LogP contribution in [0.15, 0.2) is 12.2 Å². The van der Waals surface area contributed by atoms with Gasteiger partial charge in [0.25, 0.3) is 0 Å². The summed E-state index contributed by atoms with van der Waals surface area (Å²) in [6.07, 6.45) is 10.1. The largest absolute Gasteiger partial charge is 0.463 e. The maximum Gasteiger partial charge on any atom is 0.331 e. The van der Waals surface area contributed by atoms with E-state index >= 15 is 0 Å². The normalized spacial score (nSPS) is 11.7. The lowest BCUT2D eigenvalue weighted by molar-refractivity contribution is -0.140. The Morgan fingerprint density at radius 1 is 0.783 bits per heavy atom. The smallest absolute Gasteiger partial charge is 0.331 e. The van der Waals surface area contributed by atoms with Crippen LogP contribution in [0.25, 0.3) is 0 Å². The van der Waals surface area contributed by atoms with Crippen LogP contribution in [0.2, 0.25) is 25.7 Å². The summed E-state index contributed by atoms with van der Waals surface area (Å²) in [4.78, 5) is 22.9. The average Bonchev–Trinajstić information content (AvgIpc) is 2.47. The lowest BCUT2D eigenvalue weighted by atomic mass is 10.1. The summed E-state index contributed by atoms with van der Waals surface area (Å²) in [6, 6.07) is 1.13. The lowest BCUT2D eigenvalue weighted by Crippen LogP contribution is -2.20. The maximum absolute atomic E-state index is 11.4. The number of ether oxygens (including phenoxy) is 2. The molecule has 0 saturated carbocycles. The summed E-state index contributed by atoms with van der Waals surface area (Å²) >= 11 is 0. The first-order valence-electron chi connectivity index (χ1n) is 8.87. The molecule has 23 heavy (non-hydrogen) atoms. The molecule has 0 aliphatic heterocycles. The molecule has 0 amide bonds. The van der Waals surface area contributed by atoms with Crippen LogP contribution in [0.1, 0.15) is 51.9 Å². The second-order valence-electron chi connectivity index (χ2n) is 7.10. The molecule has 0 aromatic heterocycles. The standard InChI is InChI=1S/C18H34O4Si/c1-5-6-7-8-9-10-14-21-17(19)12-13-18(20)22-15-11-16-23(2,3)4/h12-13H,5-11,14-16H2,1-4H3/b13-12+. The van der Waals surface area contributed by atoms with Crippen molar-refractivity contribution in [1.29, 1.82) is 0 Å². The molecule has 0 aliphatic carbocycles. The van der Waals surface area contributed by atoms with Crippen LogP contribution in [0.3, 0.4) is 0 Å². The van der Waals surface area contributed by atoms with Crippen LogP contribution in [-0.2, 0) is 19.1 Å². The molecule has 4 nitrogen and oxygen atoms in total. The highest BCUT2D eigenvalue weighted by Gasteiger charge is 2.12. The predicted molar refractivity (Wildman–Crippen MR) is 97.2 cm³/mol. The summed E-state index contributed by atoms with van der Waals surface area (Å²) in [6.45, 7) is 9.88. The third kappa shape index (κ3) is 17.1. The fraction of sp³-hybridized carbons (Fsp3) is 0.778. The van der Waals surface area contributed by atoms with E-state index in [1.807, 2.05) is 0 Å². The third-order valence-corrected chi connectivity index (χ3v) is 5.27. The molecule has 0 fully saturated rings. The van der Waals surface area contributed by atoms with Gasteiger partial charge in [0, 0.05) is 20.2 Å². The summed E-state index contributed by atoms with van der Waals surface area (Å²) in [5, 5.41) is 0. The van der Waals surface area contributed by atoms with Crippen LogP contribution in [0, 0.1) is 0 Å². The fourth-order valence-corrected chi connectivity index (χ4v) is 3.27. The Morgan fingerprint density at radius 3 is 1.78 bits per heavy atom. The molecule has 0 rings (SSSR count). The van der Waals surface area contributed by atoms with Gasteiger partial charge in [-0.2, -0.15) is 0 Å². The van der Waals surface area contributed by atoms with Crippen molar-refractivity contribution < 1.29 is 19.1 Å². The quantitative estimate of drug-likeness (QED) is 0.210. The van der Waals surface area contributed by atoms with E-state index in [-0.39, 0.29) is 0 Å². The molecule has 0 spiro atoms. The first-order chi connectivity index (χ1) is 10.8. The van der Waals surface area contributed by atoms with E-state index in [0.29, 0.717) is 13.2 Å². The van der Waals surface area contributed by atoms with Crippen molar-refractivity contribution in [2.24, 2.45) is 0 Å². The predicted octanol–water partition coefficient (Wildman–Crippen LogP) is 4.72. The van der Waals surface area contributed by atoms with Crippen molar-refractivity contribution in [3.05, 3.63) is 12.2 Å². The van der Waals surface area contributed by atoms with Gasteiger partial charge in [0.1, 0.15) is 0 Å². The van der Waals surface area contributed by atoms with E-state index in [1.54, 1.807) is 0 Å². The van der Waals surface area contributed by atoms with E-state index in [1.165, 1.54) is 25.7 Å². The van der Waals surface area contributed by atoms with Gasteiger partial charge >= 0.3 is 11.9 Å². The molecule has 134 valence electrons. The minimum Gasteiger partial charge on any atom is -0.463 e. The van der Waals surface area contributed by atoms with Crippen molar-refractivity contribution in [3.63, 3.8) is 0 Å². The summed E-state index contributed by atoms with van der Waals surface area (Å²) in [5.74, 6) is -0.949. The lowest BCUT2D eigenvalue weighted by Gasteiger charge is -2.14. The zero-order valence-electron chi connectivity index (χ0n) is 15.4. The number of hydrogen-bond donors (Lipinski definition) is 0. The monoisotopic (exact) mass is 342 g/mol. The number of carbonyl (C=O) groups is 2. The molecule has 5 heteroatoms. The first-order valence-corrected chi connectivity index (χ1v) is 12.6. The van der Waals surface area contributed by atoms with Crippen molar-refractivity contribution in [2.45, 2.75) is 77.6 Å². The Bertz CT molecular complexity index is 359. The molecule has 0 aromatic rings. The number of esters is 2. The molecular weight excluding hydrogens is 308 g/mol. The van der Waals surface area contributed by atoms with Gasteiger partial charge in [-0.15, -0.1) is 0 Å². The molecule has 0 bridgehead atoms. The Labute approximate surface area is 142 Å². The highest BCUT2D eigenvalue weighted by Crippen LogP contribution is 2.10. The molecule has 0 unspecified atom stereocenters. The van der Waals surface area contributed by atoms with Crippen molar-refractivity contribution >= 4 is 20.0 Å². The second-order valence-corrected chi connectivity index (χ2v) is 12.7. The molecule has 0 atom stereocenters. The molecular formula is C18H34O4Si. The Morgan fingerprint density at radius 2 is 1.26 bits per heavy atom. The molecule has 0 heterocycles. The summed E-state index contributed by atoms with van der Waals surface area (Å²) < 4.78 is 10.1. The van der Waals surface area contributed by atoms with Crippen LogP contribution < -0.4 is 0 Å². The second kappa shape index (κ2) is 13.3. The van der Waals surface area contributed by atoms with Crippen molar-refractivity contribution in [3.8, 4) is 0 Å². The highest BCUT2D eigenvalue weighted by atomic mass is 28.3. The molecule has 0 radical (unpaired) electrons. The van der Waals surface area contributed by atoms with Gasteiger partial charge in [0.05, 0.1) is 13.2 Å². The zero-order chi connectivity index (χ0) is 17.6. The van der Waals surface area contributed by atoms with Gasteiger partial charge in [0.15, 0.2) is 0 Å². The third-order valence-electron chi connectivity index (χ3n) is 3.41. The van der Waals surface area contributed by atoms with Gasteiger partial charge < -0.3 is 9.47 Å². The van der Waals surface area contributed by atoms with E-state index in [9.17, 15) is 9.59 Å². The Hall–Kier alpha value is -1.10. The summed E-state index contributed by atoms with van der Waals surface area (Å²) in [5.41, 5.74) is 0. The van der Waals surface area contributed by atoms with Crippen molar-refractivity contribution in [1.82, 2.24) is 0 Å². The number of hydrogen-bond acceptors (Lipinski definition) is 4. The maximum atomic E-state index is 11.4. The van der Waals surface area contributed by atoms with E-state index in [2.05, 4.69) is 26.6 Å². The minimum absolute atomic E-state index is 0.417. The fourth-order valence-electron chi connectivity index (χ4n) is 2.06.